The molecule has 4 nitrogen and oxygen atoms in total. The number of aromatic carboxylic acids is 1. The van der Waals surface area contributed by atoms with E-state index in [1.165, 1.54) is 19.1 Å². The van der Waals surface area contributed by atoms with Gasteiger partial charge in [0.1, 0.15) is 5.78 Å². The van der Waals surface area contributed by atoms with Crippen LogP contribution < -0.4 is 0 Å². The van der Waals surface area contributed by atoms with Crippen LogP contribution in [-0.4, -0.2) is 22.6 Å². The molecule has 0 spiro atoms. The Morgan fingerprint density at radius 2 is 1.88 bits per heavy atom. The summed E-state index contributed by atoms with van der Waals surface area (Å²) in [4.78, 5) is 33.1. The van der Waals surface area contributed by atoms with Crippen LogP contribution in [0.15, 0.2) is 18.2 Å². The lowest BCUT2D eigenvalue weighted by molar-refractivity contribution is -0.116. The molecule has 0 bridgehead atoms. The van der Waals surface area contributed by atoms with E-state index in [9.17, 15) is 14.4 Å². The molecule has 0 saturated carbocycles. The van der Waals surface area contributed by atoms with Gasteiger partial charge in [0.15, 0.2) is 5.78 Å². The van der Waals surface area contributed by atoms with Gasteiger partial charge in [0.25, 0.3) is 0 Å². The summed E-state index contributed by atoms with van der Waals surface area (Å²) in [5, 5.41) is 8.88. The number of carbonyl (C=O) groups excluding carboxylic acids is 2. The lowest BCUT2D eigenvalue weighted by Crippen LogP contribution is -2.07. The predicted molar refractivity (Wildman–Crippen MR) is 57.8 cm³/mol. The van der Waals surface area contributed by atoms with Gasteiger partial charge in [0.05, 0.1) is 12.0 Å². The molecule has 0 aliphatic rings. The van der Waals surface area contributed by atoms with Gasteiger partial charge in [-0.05, 0) is 25.5 Å². The molecule has 0 fully saturated rings. The van der Waals surface area contributed by atoms with E-state index in [4.69, 9.17) is 5.11 Å². The van der Waals surface area contributed by atoms with Crippen molar-refractivity contribution < 1.29 is 19.5 Å². The number of carboxylic acids is 1. The van der Waals surface area contributed by atoms with Crippen molar-refractivity contribution in [3.63, 3.8) is 0 Å². The van der Waals surface area contributed by atoms with E-state index in [0.29, 0.717) is 5.56 Å². The number of carboxylic acid groups (broad SMARTS) is 1. The maximum atomic E-state index is 11.5. The quantitative estimate of drug-likeness (QED) is 0.621. The molecule has 0 unspecified atom stereocenters. The van der Waals surface area contributed by atoms with E-state index in [1.807, 2.05) is 0 Å². The Kier molecular flexibility index (Phi) is 3.55. The van der Waals surface area contributed by atoms with Crippen LogP contribution in [0.5, 0.6) is 0 Å². The van der Waals surface area contributed by atoms with Crippen LogP contribution in [-0.2, 0) is 4.79 Å². The minimum Gasteiger partial charge on any atom is -0.478 e. The van der Waals surface area contributed by atoms with Crippen molar-refractivity contribution in [1.29, 1.82) is 0 Å². The monoisotopic (exact) mass is 220 g/mol. The maximum absolute atomic E-state index is 11.5. The van der Waals surface area contributed by atoms with Crippen LogP contribution in [0.3, 0.4) is 0 Å². The van der Waals surface area contributed by atoms with E-state index in [2.05, 4.69) is 0 Å². The number of aryl methyl sites for hydroxylation is 1. The molecule has 0 aromatic heterocycles. The van der Waals surface area contributed by atoms with E-state index < -0.39 is 5.97 Å². The molecule has 1 aromatic carbocycles. The number of hydrogen-bond donors (Lipinski definition) is 1. The SMILES string of the molecule is CC(=O)CC(=O)c1ccc(C)c(C(=O)O)c1. The highest BCUT2D eigenvalue weighted by molar-refractivity contribution is 6.08. The first-order valence-corrected chi connectivity index (χ1v) is 4.78. The molecule has 1 aromatic rings. The fourth-order valence-electron chi connectivity index (χ4n) is 1.35. The van der Waals surface area contributed by atoms with Gasteiger partial charge >= 0.3 is 5.97 Å². The van der Waals surface area contributed by atoms with Crippen LogP contribution in [0.2, 0.25) is 0 Å². The zero-order valence-corrected chi connectivity index (χ0v) is 9.11. The molecular weight excluding hydrogens is 208 g/mol. The average Bonchev–Trinajstić information content (AvgIpc) is 2.16. The highest BCUT2D eigenvalue weighted by Crippen LogP contribution is 2.13. The van der Waals surface area contributed by atoms with Gasteiger partial charge in [-0.15, -0.1) is 0 Å². The van der Waals surface area contributed by atoms with Crippen LogP contribution in [0, 0.1) is 6.92 Å². The Morgan fingerprint density at radius 3 is 2.38 bits per heavy atom. The standard InChI is InChI=1S/C12H12O4/c1-7-3-4-9(6-10(7)12(15)16)11(14)5-8(2)13/h3-4,6H,5H2,1-2H3,(H,15,16). The van der Waals surface area contributed by atoms with E-state index in [0.717, 1.165) is 0 Å². The zero-order chi connectivity index (χ0) is 12.3. The molecule has 1 N–H and O–H groups in total. The number of carbonyl (C=O) groups is 3. The Bertz CT molecular complexity index is 460. The molecular formula is C12H12O4. The summed E-state index contributed by atoms with van der Waals surface area (Å²) in [5.74, 6) is -1.66. The molecule has 0 amide bonds. The fraction of sp³-hybridized carbons (Fsp3) is 0.250. The summed E-state index contributed by atoms with van der Waals surface area (Å²) < 4.78 is 0. The highest BCUT2D eigenvalue weighted by atomic mass is 16.4. The van der Waals surface area contributed by atoms with E-state index in [-0.39, 0.29) is 29.1 Å². The number of rotatable bonds is 4. The third-order valence-corrected chi connectivity index (χ3v) is 2.20. The van der Waals surface area contributed by atoms with Crippen molar-refractivity contribution in [2.75, 3.05) is 0 Å². The number of ketones is 2. The Labute approximate surface area is 92.9 Å². The Morgan fingerprint density at radius 1 is 1.25 bits per heavy atom. The Balaban J connectivity index is 3.08. The summed E-state index contributed by atoms with van der Waals surface area (Å²) in [6, 6.07) is 4.41. The van der Waals surface area contributed by atoms with Crippen LogP contribution in [0.4, 0.5) is 0 Å². The van der Waals surface area contributed by atoms with E-state index >= 15 is 0 Å². The lowest BCUT2D eigenvalue weighted by Gasteiger charge is -2.03. The van der Waals surface area contributed by atoms with Gasteiger partial charge in [-0.25, -0.2) is 4.79 Å². The largest absolute Gasteiger partial charge is 0.478 e. The summed E-state index contributed by atoms with van der Waals surface area (Å²) >= 11 is 0. The van der Waals surface area contributed by atoms with Crippen molar-refractivity contribution in [2.24, 2.45) is 0 Å². The normalized spacial score (nSPS) is 9.88. The van der Waals surface area contributed by atoms with E-state index in [1.54, 1.807) is 13.0 Å². The summed E-state index contributed by atoms with van der Waals surface area (Å²) in [5.41, 5.74) is 0.944. The maximum Gasteiger partial charge on any atom is 0.335 e. The van der Waals surface area contributed by atoms with Gasteiger partial charge < -0.3 is 5.11 Å². The molecule has 0 aliphatic carbocycles. The minimum atomic E-state index is -1.07. The average molecular weight is 220 g/mol. The van der Waals surface area contributed by atoms with Gasteiger partial charge in [-0.1, -0.05) is 12.1 Å². The fourth-order valence-corrected chi connectivity index (χ4v) is 1.35. The number of Topliss-reactive ketones (excluding diaryl/α,β-unsaturated/α-hetero) is 2. The van der Waals surface area contributed by atoms with Crippen molar-refractivity contribution in [1.82, 2.24) is 0 Å². The second-order valence-corrected chi connectivity index (χ2v) is 3.64. The molecule has 0 aliphatic heterocycles. The van der Waals surface area contributed by atoms with Gasteiger partial charge in [0.2, 0.25) is 0 Å². The number of hydrogen-bond acceptors (Lipinski definition) is 3. The van der Waals surface area contributed by atoms with Crippen molar-refractivity contribution in [3.05, 3.63) is 34.9 Å². The molecule has 16 heavy (non-hydrogen) atoms. The summed E-state index contributed by atoms with van der Waals surface area (Å²) in [6.45, 7) is 2.98. The first kappa shape index (κ1) is 12.1. The van der Waals surface area contributed by atoms with Gasteiger partial charge in [-0.2, -0.15) is 0 Å². The van der Waals surface area contributed by atoms with Crippen LogP contribution in [0.1, 0.15) is 39.6 Å². The van der Waals surface area contributed by atoms with Crippen molar-refractivity contribution in [3.8, 4) is 0 Å². The molecule has 84 valence electrons. The minimum absolute atomic E-state index is 0.0920. The van der Waals surface area contributed by atoms with Crippen molar-refractivity contribution in [2.45, 2.75) is 20.3 Å². The molecule has 0 heterocycles. The molecule has 0 saturated heterocycles. The first-order valence-electron chi connectivity index (χ1n) is 4.78. The second kappa shape index (κ2) is 4.70. The van der Waals surface area contributed by atoms with Crippen LogP contribution >= 0.6 is 0 Å². The third-order valence-electron chi connectivity index (χ3n) is 2.20. The summed E-state index contributed by atoms with van der Waals surface area (Å²) in [7, 11) is 0. The van der Waals surface area contributed by atoms with Gasteiger partial charge in [0, 0.05) is 5.56 Å². The van der Waals surface area contributed by atoms with Crippen LogP contribution in [0.25, 0.3) is 0 Å². The first-order chi connectivity index (χ1) is 7.41. The zero-order valence-electron chi connectivity index (χ0n) is 9.11. The molecule has 1 rings (SSSR count). The van der Waals surface area contributed by atoms with Crippen molar-refractivity contribution >= 4 is 17.5 Å². The predicted octanol–water partition coefficient (Wildman–Crippen LogP) is 1.86. The van der Waals surface area contributed by atoms with Gasteiger partial charge in [-0.3, -0.25) is 9.59 Å². The third kappa shape index (κ3) is 2.76. The molecule has 0 atom stereocenters. The second-order valence-electron chi connectivity index (χ2n) is 3.64. The lowest BCUT2D eigenvalue weighted by atomic mass is 10.0. The molecule has 4 heteroatoms. The number of benzene rings is 1. The summed E-state index contributed by atoms with van der Waals surface area (Å²) in [6.07, 6.45) is -0.192. The molecule has 0 radical (unpaired) electrons. The Hall–Kier alpha value is -1.97. The smallest absolute Gasteiger partial charge is 0.335 e. The topological polar surface area (TPSA) is 71.4 Å². The highest BCUT2D eigenvalue weighted by Gasteiger charge is 2.13.